The van der Waals surface area contributed by atoms with Crippen molar-refractivity contribution in [2.24, 2.45) is 0 Å². The van der Waals surface area contributed by atoms with E-state index in [1.165, 1.54) is 0 Å². The number of likely N-dealkylation sites (tertiary alicyclic amines) is 1. The lowest BCUT2D eigenvalue weighted by molar-refractivity contribution is -0.142. The van der Waals surface area contributed by atoms with Gasteiger partial charge in [-0.15, -0.1) is 0 Å². The van der Waals surface area contributed by atoms with Crippen LogP contribution in [0.2, 0.25) is 0 Å². The van der Waals surface area contributed by atoms with Gasteiger partial charge in [0.25, 0.3) is 0 Å². The fraction of sp³-hybridized carbons (Fsp3) is 0.389. The number of rotatable bonds is 6. The predicted octanol–water partition coefficient (Wildman–Crippen LogP) is 1.10. The van der Waals surface area contributed by atoms with E-state index in [9.17, 15) is 20.1 Å². The van der Waals surface area contributed by atoms with Crippen LogP contribution in [-0.4, -0.2) is 64.1 Å². The van der Waals surface area contributed by atoms with E-state index in [0.29, 0.717) is 5.75 Å². The zero-order valence-corrected chi connectivity index (χ0v) is 13.2. The third kappa shape index (κ3) is 3.67. The van der Waals surface area contributed by atoms with Crippen molar-refractivity contribution in [3.05, 3.63) is 42.5 Å². The number of hydrogen-bond acceptors (Lipinski definition) is 5. The minimum atomic E-state index is -0.978. The van der Waals surface area contributed by atoms with Gasteiger partial charge < -0.3 is 20.1 Å². The first-order chi connectivity index (χ1) is 11.5. The van der Waals surface area contributed by atoms with E-state index in [1.54, 1.807) is 4.90 Å². The van der Waals surface area contributed by atoms with Crippen LogP contribution in [0.3, 0.4) is 0 Å². The molecule has 1 aliphatic rings. The smallest absolute Gasteiger partial charge is 0.321 e. The summed E-state index contributed by atoms with van der Waals surface area (Å²) in [6.07, 6.45) is -1.32. The van der Waals surface area contributed by atoms with Crippen LogP contribution in [0.15, 0.2) is 42.5 Å². The van der Waals surface area contributed by atoms with Crippen molar-refractivity contribution in [3.8, 4) is 5.75 Å². The van der Waals surface area contributed by atoms with E-state index in [1.807, 2.05) is 42.5 Å². The fourth-order valence-electron chi connectivity index (χ4n) is 3.17. The molecule has 128 valence electrons. The molecule has 6 heteroatoms. The van der Waals surface area contributed by atoms with Crippen LogP contribution in [0.4, 0.5) is 0 Å². The maximum Gasteiger partial charge on any atom is 0.321 e. The molecule has 3 rings (SSSR count). The average molecular weight is 331 g/mol. The molecule has 0 amide bonds. The monoisotopic (exact) mass is 331 g/mol. The molecule has 2 aromatic rings. The van der Waals surface area contributed by atoms with Gasteiger partial charge in [0.2, 0.25) is 0 Å². The largest absolute Gasteiger partial charge is 0.490 e. The molecule has 0 radical (unpaired) electrons. The molecule has 0 aliphatic carbocycles. The van der Waals surface area contributed by atoms with Crippen molar-refractivity contribution in [1.82, 2.24) is 4.90 Å². The van der Waals surface area contributed by atoms with E-state index < -0.39 is 24.2 Å². The highest BCUT2D eigenvalue weighted by Crippen LogP contribution is 2.25. The lowest BCUT2D eigenvalue weighted by Gasteiger charge is -2.24. The minimum Gasteiger partial charge on any atom is -0.490 e. The van der Waals surface area contributed by atoms with Crippen molar-refractivity contribution in [2.75, 3.05) is 19.7 Å². The molecule has 3 atom stereocenters. The molecule has 0 saturated carbocycles. The maximum absolute atomic E-state index is 11.2. The summed E-state index contributed by atoms with van der Waals surface area (Å²) in [7, 11) is 0. The van der Waals surface area contributed by atoms with Crippen molar-refractivity contribution < 1.29 is 24.9 Å². The van der Waals surface area contributed by atoms with Crippen molar-refractivity contribution in [2.45, 2.75) is 24.7 Å². The Kier molecular flexibility index (Phi) is 4.99. The second-order valence-corrected chi connectivity index (χ2v) is 6.14. The summed E-state index contributed by atoms with van der Waals surface area (Å²) in [6.45, 7) is 0.466. The molecule has 1 aliphatic heterocycles. The number of fused-ring (bicyclic) bond motifs is 1. The summed E-state index contributed by atoms with van der Waals surface area (Å²) >= 11 is 0. The van der Waals surface area contributed by atoms with Gasteiger partial charge in [-0.3, -0.25) is 9.69 Å². The van der Waals surface area contributed by atoms with Crippen LogP contribution in [0.25, 0.3) is 10.8 Å². The normalized spacial score (nSPS) is 22.6. The van der Waals surface area contributed by atoms with E-state index in [-0.39, 0.29) is 26.1 Å². The summed E-state index contributed by atoms with van der Waals surface area (Å²) in [5.74, 6) is -0.294. The second kappa shape index (κ2) is 7.17. The third-order valence-electron chi connectivity index (χ3n) is 4.29. The van der Waals surface area contributed by atoms with Gasteiger partial charge in [0.15, 0.2) is 0 Å². The van der Waals surface area contributed by atoms with Crippen molar-refractivity contribution >= 4 is 16.7 Å². The Bertz CT molecular complexity index is 714. The maximum atomic E-state index is 11.2. The minimum absolute atomic E-state index is 0.0624. The average Bonchev–Trinajstić information content (AvgIpc) is 2.93. The number of carboxylic acids is 1. The number of nitrogens with zero attached hydrogens (tertiary/aromatic N) is 1. The SMILES string of the molecule is O=C(O)C1CC(O)CN1CC(O)COc1cccc2ccccc12. The Labute approximate surface area is 139 Å². The summed E-state index contributed by atoms with van der Waals surface area (Å²) < 4.78 is 5.73. The Hall–Kier alpha value is -2.15. The number of carboxylic acid groups (broad SMARTS) is 1. The van der Waals surface area contributed by atoms with Crippen molar-refractivity contribution in [3.63, 3.8) is 0 Å². The van der Waals surface area contributed by atoms with Crippen LogP contribution in [0, 0.1) is 0 Å². The molecule has 0 bridgehead atoms. The van der Waals surface area contributed by atoms with E-state index in [4.69, 9.17) is 4.74 Å². The number of β-amino-alcohol motifs (C(OH)–C–C–N with tert-alkyl or cyclic N) is 2. The summed E-state index contributed by atoms with van der Waals surface area (Å²) in [5, 5.41) is 31.0. The molecule has 1 saturated heterocycles. The number of aliphatic hydroxyl groups excluding tert-OH is 2. The van der Waals surface area contributed by atoms with Gasteiger partial charge in [0, 0.05) is 24.9 Å². The summed E-state index contributed by atoms with van der Waals surface area (Å²) in [5.41, 5.74) is 0. The van der Waals surface area contributed by atoms with E-state index in [0.717, 1.165) is 10.8 Å². The van der Waals surface area contributed by atoms with Gasteiger partial charge in [-0.2, -0.15) is 0 Å². The van der Waals surface area contributed by atoms with Crippen LogP contribution >= 0.6 is 0 Å². The van der Waals surface area contributed by atoms with Gasteiger partial charge in [-0.25, -0.2) is 0 Å². The number of hydrogen-bond donors (Lipinski definition) is 3. The molecule has 6 nitrogen and oxygen atoms in total. The number of aliphatic hydroxyl groups is 2. The van der Waals surface area contributed by atoms with Gasteiger partial charge in [-0.05, 0) is 11.5 Å². The number of benzene rings is 2. The molecular weight excluding hydrogens is 310 g/mol. The topological polar surface area (TPSA) is 90.2 Å². The van der Waals surface area contributed by atoms with Gasteiger partial charge in [0.05, 0.1) is 6.10 Å². The zero-order valence-electron chi connectivity index (χ0n) is 13.2. The highest BCUT2D eigenvalue weighted by Gasteiger charge is 2.36. The molecule has 24 heavy (non-hydrogen) atoms. The highest BCUT2D eigenvalue weighted by atomic mass is 16.5. The Morgan fingerprint density at radius 2 is 2.00 bits per heavy atom. The molecule has 1 heterocycles. The number of aliphatic carboxylic acids is 1. The molecular formula is C18H21NO5. The number of ether oxygens (including phenoxy) is 1. The highest BCUT2D eigenvalue weighted by molar-refractivity contribution is 5.88. The molecule has 3 N–H and O–H groups in total. The van der Waals surface area contributed by atoms with E-state index >= 15 is 0 Å². The second-order valence-electron chi connectivity index (χ2n) is 6.14. The quantitative estimate of drug-likeness (QED) is 0.734. The fourth-order valence-corrected chi connectivity index (χ4v) is 3.17. The lowest BCUT2D eigenvalue weighted by atomic mass is 10.1. The lowest BCUT2D eigenvalue weighted by Crippen LogP contribution is -2.42. The van der Waals surface area contributed by atoms with Crippen molar-refractivity contribution in [1.29, 1.82) is 0 Å². The summed E-state index contributed by atoms with van der Waals surface area (Å²) in [4.78, 5) is 12.8. The molecule has 0 aromatic heterocycles. The van der Waals surface area contributed by atoms with Gasteiger partial charge in [0.1, 0.15) is 24.5 Å². The molecule has 1 fully saturated rings. The van der Waals surface area contributed by atoms with Crippen LogP contribution in [0.5, 0.6) is 5.75 Å². The molecule has 0 spiro atoms. The standard InChI is InChI=1S/C18H21NO5/c20-13-8-16(18(22)23)19(9-13)10-14(21)11-24-17-7-3-5-12-4-1-2-6-15(12)17/h1-7,13-14,16,20-21H,8-11H2,(H,22,23). The number of carbonyl (C=O) groups is 1. The van der Waals surface area contributed by atoms with Gasteiger partial charge >= 0.3 is 5.97 Å². The van der Waals surface area contributed by atoms with Gasteiger partial charge in [-0.1, -0.05) is 36.4 Å². The Morgan fingerprint density at radius 1 is 1.25 bits per heavy atom. The molecule has 2 aromatic carbocycles. The van der Waals surface area contributed by atoms with E-state index in [2.05, 4.69) is 0 Å². The van der Waals surface area contributed by atoms with Crippen LogP contribution < -0.4 is 4.74 Å². The third-order valence-corrected chi connectivity index (χ3v) is 4.29. The predicted molar refractivity (Wildman–Crippen MR) is 89.1 cm³/mol. The van der Waals surface area contributed by atoms with Crippen LogP contribution in [-0.2, 0) is 4.79 Å². The van der Waals surface area contributed by atoms with Crippen LogP contribution in [0.1, 0.15) is 6.42 Å². The first-order valence-corrected chi connectivity index (χ1v) is 7.98. The zero-order chi connectivity index (χ0) is 17.1. The first kappa shape index (κ1) is 16.7. The first-order valence-electron chi connectivity index (χ1n) is 7.98. The molecule has 3 unspecified atom stereocenters. The Morgan fingerprint density at radius 3 is 2.79 bits per heavy atom. The Balaban J connectivity index is 1.61. The summed E-state index contributed by atoms with van der Waals surface area (Å²) in [6, 6.07) is 12.8.